The molecule has 2 aromatic rings. The Morgan fingerprint density at radius 2 is 1.86 bits per heavy atom. The highest BCUT2D eigenvalue weighted by Gasteiger charge is 2.22. The molecule has 0 radical (unpaired) electrons. The zero-order valence-corrected chi connectivity index (χ0v) is 16.9. The van der Waals surface area contributed by atoms with Crippen LogP contribution in [0.15, 0.2) is 47.5 Å². The number of aliphatic imine (C=N–C) groups is 1. The van der Waals surface area contributed by atoms with E-state index in [9.17, 15) is 0 Å². The largest absolute Gasteiger partial charge is 0.497 e. The number of nitrogens with two attached hydrogens (primary N) is 1. The molecule has 1 fully saturated rings. The molecule has 1 saturated heterocycles. The molecule has 2 aromatic carbocycles. The Balaban J connectivity index is 1.73. The number of guanidine groups is 1. The maximum absolute atomic E-state index is 6.17. The van der Waals surface area contributed by atoms with Gasteiger partial charge in [0.2, 0.25) is 0 Å². The summed E-state index contributed by atoms with van der Waals surface area (Å²) in [4.78, 5) is 7.04. The predicted octanol–water partition coefficient (Wildman–Crippen LogP) is 3.11. The van der Waals surface area contributed by atoms with Gasteiger partial charge in [-0.05, 0) is 54.8 Å². The molecule has 3 rings (SSSR count). The van der Waals surface area contributed by atoms with Crippen LogP contribution in [0.2, 0.25) is 0 Å². The van der Waals surface area contributed by atoms with Crippen molar-refractivity contribution >= 4 is 11.6 Å². The van der Waals surface area contributed by atoms with Gasteiger partial charge < -0.3 is 20.5 Å². The molecule has 150 valence electrons. The molecule has 6 nitrogen and oxygen atoms in total. The normalized spacial score (nSPS) is 16.6. The number of ether oxygens (including phenoxy) is 2. The van der Waals surface area contributed by atoms with E-state index in [2.05, 4.69) is 53.3 Å². The topological polar surface area (TPSA) is 72.1 Å². The Bertz CT molecular complexity index is 799. The van der Waals surface area contributed by atoms with E-state index in [0.717, 1.165) is 37.7 Å². The van der Waals surface area contributed by atoms with Gasteiger partial charge in [0, 0.05) is 18.8 Å². The Morgan fingerprint density at radius 1 is 1.14 bits per heavy atom. The number of nitrogens with one attached hydrogen (secondary N) is 1. The average Bonchev–Trinajstić information content (AvgIpc) is 2.72. The molecular weight excluding hydrogens is 352 g/mol. The first-order chi connectivity index (χ1) is 13.6. The minimum atomic E-state index is 0.148. The maximum atomic E-state index is 6.17. The highest BCUT2D eigenvalue weighted by molar-refractivity contribution is 5.92. The van der Waals surface area contributed by atoms with Gasteiger partial charge in [-0.25, -0.2) is 0 Å². The van der Waals surface area contributed by atoms with Crippen LogP contribution >= 0.6 is 0 Å². The molecule has 28 heavy (non-hydrogen) atoms. The maximum Gasteiger partial charge on any atom is 0.193 e. The van der Waals surface area contributed by atoms with Crippen molar-refractivity contribution in [2.24, 2.45) is 10.7 Å². The summed E-state index contributed by atoms with van der Waals surface area (Å²) in [6, 6.07) is 14.5. The van der Waals surface area contributed by atoms with Crippen LogP contribution in [-0.4, -0.2) is 50.8 Å². The van der Waals surface area contributed by atoms with Crippen LogP contribution in [0, 0.1) is 13.8 Å². The van der Waals surface area contributed by atoms with E-state index in [0.29, 0.717) is 12.5 Å². The van der Waals surface area contributed by atoms with E-state index in [4.69, 9.17) is 15.2 Å². The molecule has 0 aromatic heterocycles. The minimum absolute atomic E-state index is 0.148. The molecular formula is C22H30N4O2. The number of benzene rings is 2. The first-order valence-corrected chi connectivity index (χ1v) is 9.67. The van der Waals surface area contributed by atoms with Gasteiger partial charge in [0.25, 0.3) is 0 Å². The van der Waals surface area contributed by atoms with Crippen LogP contribution in [0.3, 0.4) is 0 Å². The van der Waals surface area contributed by atoms with Crippen molar-refractivity contribution in [3.05, 3.63) is 59.2 Å². The molecule has 3 N–H and O–H groups in total. The lowest BCUT2D eigenvalue weighted by atomic mass is 10.0. The molecule has 6 heteroatoms. The van der Waals surface area contributed by atoms with Gasteiger partial charge >= 0.3 is 0 Å². The summed E-state index contributed by atoms with van der Waals surface area (Å²) in [6.07, 6.45) is 0. The third-order valence-electron chi connectivity index (χ3n) is 5.20. The second kappa shape index (κ2) is 9.57. The van der Waals surface area contributed by atoms with Gasteiger partial charge in [0.05, 0.1) is 32.9 Å². The summed E-state index contributed by atoms with van der Waals surface area (Å²) in [5.41, 5.74) is 10.8. The summed E-state index contributed by atoms with van der Waals surface area (Å²) in [5.74, 6) is 1.28. The first-order valence-electron chi connectivity index (χ1n) is 9.67. The van der Waals surface area contributed by atoms with Crippen LogP contribution in [0.4, 0.5) is 5.69 Å². The zero-order chi connectivity index (χ0) is 19.9. The Kier molecular flexibility index (Phi) is 6.90. The van der Waals surface area contributed by atoms with Crippen LogP contribution < -0.4 is 15.8 Å². The smallest absolute Gasteiger partial charge is 0.193 e. The number of hydrogen-bond donors (Lipinski definition) is 2. The van der Waals surface area contributed by atoms with Crippen molar-refractivity contribution in [1.29, 1.82) is 0 Å². The fourth-order valence-electron chi connectivity index (χ4n) is 3.34. The van der Waals surface area contributed by atoms with Gasteiger partial charge in [0.15, 0.2) is 5.96 Å². The van der Waals surface area contributed by atoms with Crippen molar-refractivity contribution in [2.75, 3.05) is 45.3 Å². The monoisotopic (exact) mass is 382 g/mol. The lowest BCUT2D eigenvalue weighted by Gasteiger charge is -2.34. The van der Waals surface area contributed by atoms with E-state index in [1.165, 1.54) is 16.7 Å². The molecule has 0 saturated carbocycles. The van der Waals surface area contributed by atoms with Gasteiger partial charge in [-0.2, -0.15) is 0 Å². The third-order valence-corrected chi connectivity index (χ3v) is 5.20. The first kappa shape index (κ1) is 20.2. The molecule has 0 aliphatic carbocycles. The standard InChI is InChI=1S/C22H30N4O2/c1-16-4-7-19(14-17(16)2)25-22(23)24-15-21(26-10-12-28-13-11-26)18-5-8-20(27-3)9-6-18/h4-9,14,21H,10-13,15H2,1-3H3,(H3,23,24,25). The van der Waals surface area contributed by atoms with Gasteiger partial charge in [-0.15, -0.1) is 0 Å². The summed E-state index contributed by atoms with van der Waals surface area (Å²) >= 11 is 0. The van der Waals surface area contributed by atoms with Crippen LogP contribution in [0.25, 0.3) is 0 Å². The highest BCUT2D eigenvalue weighted by Crippen LogP contribution is 2.24. The van der Waals surface area contributed by atoms with Gasteiger partial charge in [-0.1, -0.05) is 18.2 Å². The fourth-order valence-corrected chi connectivity index (χ4v) is 3.34. The SMILES string of the molecule is COc1ccc(C(CN=C(N)Nc2ccc(C)c(C)c2)N2CCOCC2)cc1. The quantitative estimate of drug-likeness (QED) is 0.593. The van der Waals surface area contributed by atoms with Crippen LogP contribution in [-0.2, 0) is 4.74 Å². The Hall–Kier alpha value is -2.57. The summed E-state index contributed by atoms with van der Waals surface area (Å²) in [6.45, 7) is 8.02. The lowest BCUT2D eigenvalue weighted by Crippen LogP contribution is -2.40. The molecule has 1 aliphatic rings. The number of morpholine rings is 1. The van der Waals surface area contributed by atoms with E-state index in [1.807, 2.05) is 18.2 Å². The van der Waals surface area contributed by atoms with Gasteiger partial charge in [-0.3, -0.25) is 9.89 Å². The summed E-state index contributed by atoms with van der Waals surface area (Å²) < 4.78 is 10.8. The molecule has 1 heterocycles. The van der Waals surface area contributed by atoms with Crippen molar-refractivity contribution < 1.29 is 9.47 Å². The third kappa shape index (κ3) is 5.24. The minimum Gasteiger partial charge on any atom is -0.497 e. The molecule has 0 amide bonds. The van der Waals surface area contributed by atoms with Crippen molar-refractivity contribution in [3.63, 3.8) is 0 Å². The zero-order valence-electron chi connectivity index (χ0n) is 16.9. The number of aryl methyl sites for hydroxylation is 2. The fraction of sp³-hybridized carbons (Fsp3) is 0.409. The predicted molar refractivity (Wildman–Crippen MR) is 114 cm³/mol. The molecule has 0 spiro atoms. The van der Waals surface area contributed by atoms with Crippen molar-refractivity contribution in [3.8, 4) is 5.75 Å². The lowest BCUT2D eigenvalue weighted by molar-refractivity contribution is 0.0180. The average molecular weight is 383 g/mol. The molecule has 1 unspecified atom stereocenters. The highest BCUT2D eigenvalue weighted by atomic mass is 16.5. The molecule has 1 atom stereocenters. The van der Waals surface area contributed by atoms with E-state index < -0.39 is 0 Å². The number of methoxy groups -OCH3 is 1. The van der Waals surface area contributed by atoms with Crippen LogP contribution in [0.5, 0.6) is 5.75 Å². The van der Waals surface area contributed by atoms with E-state index in [1.54, 1.807) is 7.11 Å². The van der Waals surface area contributed by atoms with Crippen molar-refractivity contribution in [1.82, 2.24) is 4.90 Å². The second-order valence-corrected chi connectivity index (χ2v) is 7.09. The number of nitrogens with zero attached hydrogens (tertiary/aromatic N) is 2. The van der Waals surface area contributed by atoms with E-state index >= 15 is 0 Å². The van der Waals surface area contributed by atoms with Gasteiger partial charge in [0.1, 0.15) is 5.75 Å². The Morgan fingerprint density at radius 3 is 2.50 bits per heavy atom. The molecule has 1 aliphatic heterocycles. The van der Waals surface area contributed by atoms with Crippen molar-refractivity contribution in [2.45, 2.75) is 19.9 Å². The second-order valence-electron chi connectivity index (χ2n) is 7.09. The number of anilines is 1. The number of rotatable bonds is 6. The summed E-state index contributed by atoms with van der Waals surface area (Å²) in [5, 5.41) is 3.20. The van der Waals surface area contributed by atoms with Crippen LogP contribution in [0.1, 0.15) is 22.7 Å². The molecule has 0 bridgehead atoms. The Labute approximate surface area is 167 Å². The number of hydrogen-bond acceptors (Lipinski definition) is 4. The summed E-state index contributed by atoms with van der Waals surface area (Å²) in [7, 11) is 1.68. The van der Waals surface area contributed by atoms with E-state index in [-0.39, 0.29) is 6.04 Å².